The molecule has 2 aromatic rings. The molecule has 8 heteroatoms. The van der Waals surface area contributed by atoms with Crippen molar-refractivity contribution in [2.75, 3.05) is 26.7 Å². The van der Waals surface area contributed by atoms with E-state index < -0.39 is 23.5 Å². The maximum atomic E-state index is 13.9. The summed E-state index contributed by atoms with van der Waals surface area (Å²) in [6.45, 7) is 2.51. The summed E-state index contributed by atoms with van der Waals surface area (Å²) >= 11 is 6.45. The van der Waals surface area contributed by atoms with Gasteiger partial charge in [0.25, 0.3) is 0 Å². The molecule has 2 aromatic carbocycles. The minimum Gasteiger partial charge on any atom is -0.346 e. The van der Waals surface area contributed by atoms with Crippen LogP contribution in [0, 0.1) is 17.5 Å². The predicted octanol–water partition coefficient (Wildman–Crippen LogP) is 4.70. The quantitative estimate of drug-likeness (QED) is 0.544. The highest BCUT2D eigenvalue weighted by Gasteiger charge is 2.26. The van der Waals surface area contributed by atoms with Gasteiger partial charge >= 0.3 is 0 Å². The fourth-order valence-electron chi connectivity index (χ4n) is 4.23. The van der Waals surface area contributed by atoms with Crippen molar-refractivity contribution in [2.24, 2.45) is 5.73 Å². The Balaban J connectivity index is 1.58. The van der Waals surface area contributed by atoms with E-state index in [1.807, 2.05) is 24.3 Å². The summed E-state index contributed by atoms with van der Waals surface area (Å²) in [6.07, 6.45) is 2.93. The number of carbonyl (C=O) groups excluding carboxylic acids is 1. The van der Waals surface area contributed by atoms with Crippen LogP contribution >= 0.6 is 11.6 Å². The first-order valence-corrected chi connectivity index (χ1v) is 11.3. The number of hydrogen-bond donors (Lipinski definition) is 1. The van der Waals surface area contributed by atoms with E-state index in [2.05, 4.69) is 4.90 Å². The van der Waals surface area contributed by atoms with Crippen molar-refractivity contribution in [1.29, 1.82) is 0 Å². The Hall–Kier alpha value is -2.09. The number of nitrogens with zero attached hydrogens (tertiary/aromatic N) is 2. The average Bonchev–Trinajstić information content (AvgIpc) is 3.27. The first kappa shape index (κ1) is 24.6. The van der Waals surface area contributed by atoms with Crippen LogP contribution < -0.4 is 5.73 Å². The van der Waals surface area contributed by atoms with Crippen LogP contribution in [0.25, 0.3) is 0 Å². The van der Waals surface area contributed by atoms with Crippen LogP contribution in [-0.4, -0.2) is 48.4 Å². The highest BCUT2D eigenvalue weighted by molar-refractivity contribution is 6.31. The molecule has 3 rings (SSSR count). The van der Waals surface area contributed by atoms with Crippen LogP contribution in [0.4, 0.5) is 13.2 Å². The lowest BCUT2D eigenvalue weighted by Crippen LogP contribution is -2.36. The minimum atomic E-state index is -1.25. The number of hydrogen-bond acceptors (Lipinski definition) is 3. The van der Waals surface area contributed by atoms with Crippen molar-refractivity contribution in [2.45, 2.75) is 44.2 Å². The smallest absolute Gasteiger partial charge is 0.223 e. The molecular weight excluding hydrogens is 439 g/mol. The minimum absolute atomic E-state index is 0.0184. The Morgan fingerprint density at radius 3 is 2.47 bits per heavy atom. The van der Waals surface area contributed by atoms with Crippen molar-refractivity contribution >= 4 is 17.5 Å². The Morgan fingerprint density at radius 2 is 1.78 bits per heavy atom. The van der Waals surface area contributed by atoms with Crippen molar-refractivity contribution in [3.63, 3.8) is 0 Å². The SMILES string of the molecule is CN(CCC(c1ccccc1Cl)N1CCCC1)C(=O)C[C@H](N)Cc1cc(F)c(F)cc1F. The summed E-state index contributed by atoms with van der Waals surface area (Å²) < 4.78 is 40.4. The van der Waals surface area contributed by atoms with Crippen molar-refractivity contribution in [3.05, 3.63) is 70.0 Å². The van der Waals surface area contributed by atoms with E-state index in [-0.39, 0.29) is 30.4 Å². The highest BCUT2D eigenvalue weighted by atomic mass is 35.5. The molecule has 1 unspecified atom stereocenters. The number of carbonyl (C=O) groups is 1. The molecule has 1 aliphatic rings. The molecule has 174 valence electrons. The molecule has 0 aliphatic carbocycles. The van der Waals surface area contributed by atoms with E-state index in [0.717, 1.165) is 44.0 Å². The number of benzene rings is 2. The highest BCUT2D eigenvalue weighted by Crippen LogP contribution is 2.32. The third kappa shape index (κ3) is 6.24. The zero-order valence-corrected chi connectivity index (χ0v) is 18.9. The molecule has 0 spiro atoms. The second-order valence-electron chi connectivity index (χ2n) is 8.41. The van der Waals surface area contributed by atoms with Crippen LogP contribution in [0.3, 0.4) is 0 Å². The maximum Gasteiger partial charge on any atom is 0.223 e. The van der Waals surface area contributed by atoms with Crippen LogP contribution in [0.15, 0.2) is 36.4 Å². The summed E-state index contributed by atoms with van der Waals surface area (Å²) in [5, 5.41) is 0.717. The topological polar surface area (TPSA) is 49.6 Å². The third-order valence-electron chi connectivity index (χ3n) is 6.02. The summed E-state index contributed by atoms with van der Waals surface area (Å²) in [6, 6.07) is 8.48. The number of halogens is 4. The lowest BCUT2D eigenvalue weighted by molar-refractivity contribution is -0.130. The monoisotopic (exact) mass is 467 g/mol. The molecule has 2 atom stereocenters. The van der Waals surface area contributed by atoms with Gasteiger partial charge in [0.2, 0.25) is 5.91 Å². The number of rotatable bonds is 9. The van der Waals surface area contributed by atoms with Gasteiger partial charge in [0.1, 0.15) is 5.82 Å². The summed E-state index contributed by atoms with van der Waals surface area (Å²) in [7, 11) is 1.71. The maximum absolute atomic E-state index is 13.9. The molecule has 1 aliphatic heterocycles. The molecule has 1 saturated heterocycles. The van der Waals surface area contributed by atoms with Crippen LogP contribution in [-0.2, 0) is 11.2 Å². The molecule has 32 heavy (non-hydrogen) atoms. The van der Waals surface area contributed by atoms with E-state index in [1.54, 1.807) is 11.9 Å². The largest absolute Gasteiger partial charge is 0.346 e. The number of likely N-dealkylation sites (tertiary alicyclic amines) is 1. The fraction of sp³-hybridized carbons (Fsp3) is 0.458. The first-order valence-electron chi connectivity index (χ1n) is 10.9. The molecule has 0 radical (unpaired) electrons. The Morgan fingerprint density at radius 1 is 1.12 bits per heavy atom. The predicted molar refractivity (Wildman–Crippen MR) is 120 cm³/mol. The lowest BCUT2D eigenvalue weighted by Gasteiger charge is -2.30. The first-order chi connectivity index (χ1) is 15.3. The zero-order valence-electron chi connectivity index (χ0n) is 18.2. The molecule has 1 heterocycles. The number of amides is 1. The molecule has 4 nitrogen and oxygen atoms in total. The molecule has 2 N–H and O–H groups in total. The normalized spacial score (nSPS) is 16.2. The summed E-state index contributed by atoms with van der Waals surface area (Å²) in [5.74, 6) is -3.43. The second-order valence-corrected chi connectivity index (χ2v) is 8.82. The molecule has 1 amide bonds. The van der Waals surface area contributed by atoms with Gasteiger partial charge in [-0.2, -0.15) is 0 Å². The molecule has 0 bridgehead atoms. The van der Waals surface area contributed by atoms with Gasteiger partial charge in [0.05, 0.1) is 0 Å². The van der Waals surface area contributed by atoms with Gasteiger partial charge < -0.3 is 10.6 Å². The molecule has 0 aromatic heterocycles. The lowest BCUT2D eigenvalue weighted by atomic mass is 10.0. The van der Waals surface area contributed by atoms with Gasteiger partial charge in [0.15, 0.2) is 11.6 Å². The second kappa shape index (κ2) is 11.2. The average molecular weight is 468 g/mol. The van der Waals surface area contributed by atoms with E-state index in [4.69, 9.17) is 17.3 Å². The van der Waals surface area contributed by atoms with E-state index in [9.17, 15) is 18.0 Å². The molecule has 0 saturated carbocycles. The van der Waals surface area contributed by atoms with Gasteiger partial charge in [0, 0.05) is 43.2 Å². The molecule has 1 fully saturated rings. The van der Waals surface area contributed by atoms with Crippen molar-refractivity contribution in [3.8, 4) is 0 Å². The number of nitrogens with two attached hydrogens (primary N) is 1. The van der Waals surface area contributed by atoms with E-state index in [1.165, 1.54) is 0 Å². The van der Waals surface area contributed by atoms with Gasteiger partial charge in [-0.15, -0.1) is 0 Å². The Kier molecular flexibility index (Phi) is 8.57. The van der Waals surface area contributed by atoms with Gasteiger partial charge in [-0.25, -0.2) is 13.2 Å². The Labute approximate surface area is 192 Å². The third-order valence-corrected chi connectivity index (χ3v) is 6.36. The Bertz CT molecular complexity index is 937. The van der Waals surface area contributed by atoms with Gasteiger partial charge in [-0.1, -0.05) is 29.8 Å². The van der Waals surface area contributed by atoms with Crippen molar-refractivity contribution in [1.82, 2.24) is 9.80 Å². The van der Waals surface area contributed by atoms with Crippen LogP contribution in [0.5, 0.6) is 0 Å². The van der Waals surface area contributed by atoms with Gasteiger partial charge in [-0.3, -0.25) is 9.69 Å². The van der Waals surface area contributed by atoms with Crippen molar-refractivity contribution < 1.29 is 18.0 Å². The molecular formula is C24H29ClF3N3O. The van der Waals surface area contributed by atoms with Crippen LogP contribution in [0.1, 0.15) is 42.9 Å². The summed E-state index contributed by atoms with van der Waals surface area (Å²) in [4.78, 5) is 16.7. The standard InChI is InChI=1S/C24H29ClF3N3O/c1-30(24(32)14-17(29)12-16-13-21(27)22(28)15-20(16)26)11-8-23(31-9-4-5-10-31)18-6-2-3-7-19(18)25/h2-3,6-7,13,15,17,23H,4-5,8-12,14,29H2,1H3/t17-,23?/m1/s1. The van der Waals surface area contributed by atoms with E-state index >= 15 is 0 Å². The van der Waals surface area contributed by atoms with Gasteiger partial charge in [-0.05, 0) is 62.0 Å². The fourth-order valence-corrected chi connectivity index (χ4v) is 4.49. The summed E-state index contributed by atoms with van der Waals surface area (Å²) in [5.41, 5.74) is 7.03. The van der Waals surface area contributed by atoms with Crippen LogP contribution in [0.2, 0.25) is 5.02 Å². The zero-order chi connectivity index (χ0) is 23.3. The van der Waals surface area contributed by atoms with E-state index in [0.29, 0.717) is 17.6 Å².